The lowest BCUT2D eigenvalue weighted by molar-refractivity contribution is 0.102. The van der Waals surface area contributed by atoms with E-state index < -0.39 is 15.9 Å². The molecule has 0 saturated carbocycles. The molecule has 1 amide bonds. The van der Waals surface area contributed by atoms with Crippen LogP contribution in [0, 0.1) is 0 Å². The zero-order valence-corrected chi connectivity index (χ0v) is 19.3. The van der Waals surface area contributed by atoms with E-state index in [0.717, 1.165) is 24.3 Å². The topological polar surface area (TPSA) is 110 Å². The van der Waals surface area contributed by atoms with Gasteiger partial charge < -0.3 is 4.74 Å². The first-order chi connectivity index (χ1) is 14.8. The number of amides is 1. The lowest BCUT2D eigenvalue weighted by atomic mass is 10.2. The lowest BCUT2D eigenvalue weighted by Gasteiger charge is -2.11. The fourth-order valence-electron chi connectivity index (χ4n) is 2.62. The molecule has 3 aromatic rings. The molecule has 0 unspecified atom stereocenters. The number of anilines is 2. The van der Waals surface area contributed by atoms with Crippen LogP contribution in [0.3, 0.4) is 0 Å². The van der Waals surface area contributed by atoms with Gasteiger partial charge in [0.15, 0.2) is 0 Å². The summed E-state index contributed by atoms with van der Waals surface area (Å²) in [6, 6.07) is 10.4. The van der Waals surface area contributed by atoms with Gasteiger partial charge in [-0.15, -0.1) is 10.2 Å². The van der Waals surface area contributed by atoms with Crippen molar-refractivity contribution in [1.82, 2.24) is 10.2 Å². The van der Waals surface area contributed by atoms with E-state index in [1.165, 1.54) is 36.6 Å². The second-order valence-corrected chi connectivity index (χ2v) is 9.66. The Labute approximate surface area is 189 Å². The molecule has 2 aromatic carbocycles. The third-order valence-corrected chi connectivity index (χ3v) is 7.02. The van der Waals surface area contributed by atoms with Crippen LogP contribution in [0.25, 0.3) is 0 Å². The molecule has 0 radical (unpaired) electrons. The average Bonchev–Trinajstić information content (AvgIpc) is 3.19. The number of carbonyl (C=O) groups is 1. The van der Waals surface area contributed by atoms with Gasteiger partial charge in [0.25, 0.3) is 15.9 Å². The zero-order chi connectivity index (χ0) is 22.4. The molecule has 0 saturated heterocycles. The van der Waals surface area contributed by atoms with Gasteiger partial charge in [-0.25, -0.2) is 8.42 Å². The van der Waals surface area contributed by atoms with E-state index in [0.29, 0.717) is 16.6 Å². The number of halogens is 1. The Kier molecular flexibility index (Phi) is 7.47. The molecule has 0 bridgehead atoms. The van der Waals surface area contributed by atoms with Gasteiger partial charge in [0.2, 0.25) is 5.13 Å². The third kappa shape index (κ3) is 5.93. The van der Waals surface area contributed by atoms with Gasteiger partial charge >= 0.3 is 0 Å². The lowest BCUT2D eigenvalue weighted by Crippen LogP contribution is -2.16. The van der Waals surface area contributed by atoms with Crippen LogP contribution in [0.1, 0.15) is 35.1 Å². The Morgan fingerprint density at radius 2 is 1.90 bits per heavy atom. The van der Waals surface area contributed by atoms with Crippen LogP contribution in [0.2, 0.25) is 5.02 Å². The van der Waals surface area contributed by atoms with Crippen molar-refractivity contribution in [2.24, 2.45) is 0 Å². The van der Waals surface area contributed by atoms with Gasteiger partial charge in [-0.1, -0.05) is 36.3 Å². The number of carbonyl (C=O) groups excluding carboxylic acids is 1. The number of nitrogens with one attached hydrogen (secondary N) is 2. The predicted octanol–water partition coefficient (Wildman–Crippen LogP) is 4.60. The molecule has 164 valence electrons. The Morgan fingerprint density at radius 3 is 2.58 bits per heavy atom. The maximum Gasteiger partial charge on any atom is 0.263 e. The van der Waals surface area contributed by atoms with Crippen molar-refractivity contribution in [3.8, 4) is 5.75 Å². The highest BCUT2D eigenvalue weighted by Crippen LogP contribution is 2.26. The predicted molar refractivity (Wildman–Crippen MR) is 122 cm³/mol. The monoisotopic (exact) mass is 480 g/mol. The maximum atomic E-state index is 12.8. The van der Waals surface area contributed by atoms with Crippen LogP contribution in [-0.4, -0.2) is 31.6 Å². The number of rotatable bonds is 9. The summed E-state index contributed by atoms with van der Waals surface area (Å²) in [4.78, 5) is 12.4. The van der Waals surface area contributed by atoms with Gasteiger partial charge in [-0.05, 0) is 48.9 Å². The molecule has 31 heavy (non-hydrogen) atoms. The van der Waals surface area contributed by atoms with Crippen LogP contribution in [-0.2, 0) is 16.4 Å². The number of aromatic nitrogens is 2. The maximum absolute atomic E-state index is 12.8. The molecule has 8 nitrogen and oxygen atoms in total. The molecule has 1 aromatic heterocycles. The van der Waals surface area contributed by atoms with E-state index in [1.807, 2.05) is 0 Å². The van der Waals surface area contributed by atoms with Crippen molar-refractivity contribution < 1.29 is 17.9 Å². The Balaban J connectivity index is 1.78. The molecule has 0 fully saturated rings. The highest BCUT2D eigenvalue weighted by atomic mass is 35.5. The SMILES string of the molecule is CCCCc1nnc(NC(=O)c2ccc(Cl)c(S(=O)(=O)Nc3ccc(OC)cc3)c2)s1. The van der Waals surface area contributed by atoms with Crippen molar-refractivity contribution in [3.05, 3.63) is 58.1 Å². The van der Waals surface area contributed by atoms with Crippen molar-refractivity contribution in [2.75, 3.05) is 17.1 Å². The molecule has 0 atom stereocenters. The first-order valence-electron chi connectivity index (χ1n) is 9.42. The molecular formula is C20H21ClN4O4S2. The van der Waals surface area contributed by atoms with E-state index >= 15 is 0 Å². The summed E-state index contributed by atoms with van der Waals surface area (Å²) in [5.41, 5.74) is 0.463. The van der Waals surface area contributed by atoms with Crippen LogP contribution >= 0.6 is 22.9 Å². The van der Waals surface area contributed by atoms with Crippen molar-refractivity contribution in [1.29, 1.82) is 0 Å². The molecule has 0 aliphatic carbocycles. The normalized spacial score (nSPS) is 11.2. The summed E-state index contributed by atoms with van der Waals surface area (Å²) in [5, 5.41) is 11.8. The molecule has 3 rings (SSSR count). The quantitative estimate of drug-likeness (QED) is 0.463. The second-order valence-electron chi connectivity index (χ2n) is 6.54. The molecular weight excluding hydrogens is 460 g/mol. The van der Waals surface area contributed by atoms with E-state index in [9.17, 15) is 13.2 Å². The highest BCUT2D eigenvalue weighted by molar-refractivity contribution is 7.92. The minimum absolute atomic E-state index is 0.00433. The molecule has 11 heteroatoms. The Bertz CT molecular complexity index is 1160. The van der Waals surface area contributed by atoms with E-state index in [4.69, 9.17) is 16.3 Å². The minimum Gasteiger partial charge on any atom is -0.497 e. The first kappa shape index (κ1) is 23.0. The van der Waals surface area contributed by atoms with E-state index in [1.54, 1.807) is 24.3 Å². The summed E-state index contributed by atoms with van der Waals surface area (Å²) in [5.74, 6) is 0.0879. The van der Waals surface area contributed by atoms with Gasteiger partial charge in [0, 0.05) is 17.7 Å². The summed E-state index contributed by atoms with van der Waals surface area (Å²) < 4.78 is 33.2. The van der Waals surface area contributed by atoms with Crippen LogP contribution < -0.4 is 14.8 Å². The molecule has 1 heterocycles. The second kappa shape index (κ2) is 10.1. The van der Waals surface area contributed by atoms with Gasteiger partial charge in [0.05, 0.1) is 12.1 Å². The summed E-state index contributed by atoms with van der Waals surface area (Å²) in [7, 11) is -2.51. The van der Waals surface area contributed by atoms with Crippen molar-refractivity contribution in [3.63, 3.8) is 0 Å². The van der Waals surface area contributed by atoms with Gasteiger partial charge in [0.1, 0.15) is 15.7 Å². The molecule has 0 aliphatic heterocycles. The fourth-order valence-corrected chi connectivity index (χ4v) is 4.98. The summed E-state index contributed by atoms with van der Waals surface area (Å²) in [6.07, 6.45) is 2.82. The van der Waals surface area contributed by atoms with Gasteiger partial charge in [-0.2, -0.15) is 0 Å². The summed E-state index contributed by atoms with van der Waals surface area (Å²) >= 11 is 7.41. The number of unbranched alkanes of at least 4 members (excludes halogenated alkanes) is 1. The van der Waals surface area contributed by atoms with Crippen LogP contribution in [0.15, 0.2) is 47.4 Å². The van der Waals surface area contributed by atoms with Crippen molar-refractivity contribution >= 4 is 49.7 Å². The summed E-state index contributed by atoms with van der Waals surface area (Å²) in [6.45, 7) is 2.08. The molecule has 0 aliphatic rings. The largest absolute Gasteiger partial charge is 0.497 e. The van der Waals surface area contributed by atoms with Crippen LogP contribution in [0.4, 0.5) is 10.8 Å². The van der Waals surface area contributed by atoms with E-state index in [-0.39, 0.29) is 15.5 Å². The van der Waals surface area contributed by atoms with Crippen LogP contribution in [0.5, 0.6) is 5.75 Å². The first-order valence-corrected chi connectivity index (χ1v) is 12.1. The number of ether oxygens (including phenoxy) is 1. The number of methoxy groups -OCH3 is 1. The van der Waals surface area contributed by atoms with Gasteiger partial charge in [-0.3, -0.25) is 14.8 Å². The molecule has 0 spiro atoms. The standard InChI is InChI=1S/C20H21ClN4O4S2/c1-3-4-5-18-23-24-20(30-18)22-19(26)13-6-11-16(21)17(12-13)31(27,28)25-14-7-9-15(29-2)10-8-14/h6-12,25H,3-5H2,1-2H3,(H,22,24,26). The van der Waals surface area contributed by atoms with Crippen molar-refractivity contribution in [2.45, 2.75) is 31.1 Å². The number of benzene rings is 2. The highest BCUT2D eigenvalue weighted by Gasteiger charge is 2.21. The number of hydrogen-bond donors (Lipinski definition) is 2. The number of hydrogen-bond acceptors (Lipinski definition) is 7. The number of nitrogens with zero attached hydrogens (tertiary/aromatic N) is 2. The zero-order valence-electron chi connectivity index (χ0n) is 16.9. The molecule has 2 N–H and O–H groups in total. The fraction of sp³-hybridized carbons (Fsp3) is 0.250. The Hall–Kier alpha value is -2.69. The average molecular weight is 481 g/mol. The number of sulfonamides is 1. The Morgan fingerprint density at radius 1 is 1.16 bits per heavy atom. The number of aryl methyl sites for hydroxylation is 1. The minimum atomic E-state index is -4.03. The third-order valence-electron chi connectivity index (χ3n) is 4.26. The van der Waals surface area contributed by atoms with E-state index in [2.05, 4.69) is 27.2 Å². The smallest absolute Gasteiger partial charge is 0.263 e.